The number of halogens is 1. The van der Waals surface area contributed by atoms with Gasteiger partial charge in [-0.15, -0.1) is 35.3 Å². The molecule has 2 atom stereocenters. The Balaban J connectivity index is 0.00000341. The number of ether oxygens (including phenoxy) is 1. The number of hydrogen-bond acceptors (Lipinski definition) is 6. The summed E-state index contributed by atoms with van der Waals surface area (Å²) in [5.74, 6) is 2.22. The minimum Gasteiger partial charge on any atom is -0.497 e. The summed E-state index contributed by atoms with van der Waals surface area (Å²) < 4.78 is 5.32. The van der Waals surface area contributed by atoms with E-state index in [4.69, 9.17) is 4.74 Å². The Kier molecular flexibility index (Phi) is 10.3. The summed E-state index contributed by atoms with van der Waals surface area (Å²) in [4.78, 5) is 13.5. The molecule has 0 bridgehead atoms. The highest BCUT2D eigenvalue weighted by atomic mass is 127. The van der Waals surface area contributed by atoms with Gasteiger partial charge in [-0.05, 0) is 50.0 Å². The average molecular weight is 559 g/mol. The third-order valence-corrected chi connectivity index (χ3v) is 6.64. The van der Waals surface area contributed by atoms with Crippen LogP contribution < -0.4 is 20.3 Å². The Hall–Kier alpha value is -1.59. The molecular weight excluding hydrogens is 523 g/mol. The van der Waals surface area contributed by atoms with Crippen molar-refractivity contribution in [3.8, 4) is 5.75 Å². The first-order valence-electron chi connectivity index (χ1n) is 10.4. The maximum Gasteiger partial charge on any atom is 0.191 e. The first kappa shape index (κ1) is 25.7. The number of nitrogens with zero attached hydrogens (tertiary/aromatic N) is 4. The van der Waals surface area contributed by atoms with E-state index in [0.29, 0.717) is 18.5 Å². The molecule has 0 amide bonds. The van der Waals surface area contributed by atoms with Gasteiger partial charge in [-0.25, -0.2) is 4.98 Å². The first-order valence-corrected chi connectivity index (χ1v) is 11.3. The fourth-order valence-electron chi connectivity index (χ4n) is 4.01. The summed E-state index contributed by atoms with van der Waals surface area (Å²) in [6.45, 7) is 2.66. The molecule has 2 heterocycles. The number of benzene rings is 1. The van der Waals surface area contributed by atoms with Crippen LogP contribution in [0.4, 0.5) is 5.13 Å². The van der Waals surface area contributed by atoms with Crippen LogP contribution in [-0.4, -0.2) is 64.2 Å². The van der Waals surface area contributed by atoms with Gasteiger partial charge in [0.25, 0.3) is 0 Å². The van der Waals surface area contributed by atoms with Gasteiger partial charge in [0.05, 0.1) is 19.3 Å². The van der Waals surface area contributed by atoms with E-state index >= 15 is 0 Å². The topological polar surface area (TPSA) is 65.0 Å². The Morgan fingerprint density at radius 3 is 2.65 bits per heavy atom. The Labute approximate surface area is 207 Å². The molecule has 2 aromatic rings. The molecule has 0 spiro atoms. The molecule has 1 saturated heterocycles. The zero-order chi connectivity index (χ0) is 21.5. The van der Waals surface area contributed by atoms with Crippen LogP contribution in [0.3, 0.4) is 0 Å². The minimum atomic E-state index is 0. The van der Waals surface area contributed by atoms with Crippen molar-refractivity contribution in [1.82, 2.24) is 20.5 Å². The molecule has 7 nitrogen and oxygen atoms in total. The second kappa shape index (κ2) is 12.4. The molecule has 0 radical (unpaired) electrons. The maximum absolute atomic E-state index is 5.32. The summed E-state index contributed by atoms with van der Waals surface area (Å²) in [6, 6.07) is 8.87. The van der Waals surface area contributed by atoms with Gasteiger partial charge in [-0.3, -0.25) is 9.89 Å². The van der Waals surface area contributed by atoms with Gasteiger partial charge in [0.1, 0.15) is 5.75 Å². The van der Waals surface area contributed by atoms with E-state index in [9.17, 15) is 0 Å². The van der Waals surface area contributed by atoms with Crippen molar-refractivity contribution in [3.63, 3.8) is 0 Å². The van der Waals surface area contributed by atoms with Gasteiger partial charge in [0.2, 0.25) is 0 Å². The summed E-state index contributed by atoms with van der Waals surface area (Å²) >= 11 is 1.65. The molecule has 9 heteroatoms. The lowest BCUT2D eigenvalue weighted by molar-refractivity contribution is 0.122. The normalized spacial score (nSPS) is 19.5. The number of thiazole rings is 1. The van der Waals surface area contributed by atoms with Gasteiger partial charge in [-0.2, -0.15) is 0 Å². The number of likely N-dealkylation sites (tertiary alicyclic amines) is 1. The van der Waals surface area contributed by atoms with Crippen LogP contribution in [0.25, 0.3) is 0 Å². The minimum absolute atomic E-state index is 0. The number of piperidine rings is 1. The second-order valence-electron chi connectivity index (χ2n) is 7.92. The van der Waals surface area contributed by atoms with Gasteiger partial charge in [0, 0.05) is 39.1 Å². The molecule has 1 aromatic heterocycles. The molecule has 1 aromatic carbocycles. The average Bonchev–Trinajstić information content (AvgIpc) is 3.23. The van der Waals surface area contributed by atoms with Gasteiger partial charge in [-0.1, -0.05) is 12.1 Å². The second-order valence-corrected chi connectivity index (χ2v) is 8.76. The Morgan fingerprint density at radius 2 is 2.03 bits per heavy atom. The van der Waals surface area contributed by atoms with E-state index in [-0.39, 0.29) is 24.0 Å². The zero-order valence-electron chi connectivity index (χ0n) is 19.1. The molecule has 1 fully saturated rings. The largest absolute Gasteiger partial charge is 0.497 e. The Bertz CT molecular complexity index is 826. The van der Waals surface area contributed by atoms with Crippen molar-refractivity contribution in [3.05, 3.63) is 40.9 Å². The van der Waals surface area contributed by atoms with Crippen LogP contribution >= 0.6 is 35.3 Å². The highest BCUT2D eigenvalue weighted by Crippen LogP contribution is 2.35. The highest BCUT2D eigenvalue weighted by molar-refractivity contribution is 14.0. The number of aliphatic imine (C=N–C) groups is 1. The fraction of sp³-hybridized carbons (Fsp3) is 0.545. The monoisotopic (exact) mass is 558 g/mol. The molecule has 1 aliphatic heterocycles. The van der Waals surface area contributed by atoms with Gasteiger partial charge in [0.15, 0.2) is 11.1 Å². The molecule has 2 N–H and O–H groups in total. The lowest BCUT2D eigenvalue weighted by Gasteiger charge is -2.40. The predicted molar refractivity (Wildman–Crippen MR) is 141 cm³/mol. The van der Waals surface area contributed by atoms with E-state index < -0.39 is 0 Å². The standard InChI is InChI=1S/C22H34N6OS.HI/c1-23-21(25-14-18-15-30-22(26-18)27(2)3)24-13-17-7-6-12-28(4)20(17)16-8-10-19(29-5)11-9-16;/h8-11,15,17,20H,6-7,12-14H2,1-5H3,(H2,23,24,25);1H. The molecular formula is C22H35IN6OS. The molecule has 1 aliphatic rings. The van der Waals surface area contributed by atoms with Crippen LogP contribution in [0.5, 0.6) is 5.75 Å². The van der Waals surface area contributed by atoms with E-state index in [0.717, 1.165) is 35.6 Å². The smallest absolute Gasteiger partial charge is 0.191 e. The van der Waals surface area contributed by atoms with Crippen LogP contribution in [0.15, 0.2) is 34.6 Å². The number of methoxy groups -OCH3 is 1. The highest BCUT2D eigenvalue weighted by Gasteiger charge is 2.30. The number of guanidine groups is 1. The molecule has 0 saturated carbocycles. The number of anilines is 1. The van der Waals surface area contributed by atoms with Crippen molar-refractivity contribution in [1.29, 1.82) is 0 Å². The number of nitrogens with one attached hydrogen (secondary N) is 2. The van der Waals surface area contributed by atoms with E-state index in [1.54, 1.807) is 18.4 Å². The third kappa shape index (κ3) is 6.95. The summed E-state index contributed by atoms with van der Waals surface area (Å²) in [6.07, 6.45) is 2.41. The summed E-state index contributed by atoms with van der Waals surface area (Å²) in [5, 5.41) is 10.0. The molecule has 2 unspecified atom stereocenters. The van der Waals surface area contributed by atoms with Gasteiger partial charge < -0.3 is 20.3 Å². The maximum atomic E-state index is 5.32. The van der Waals surface area contributed by atoms with E-state index in [2.05, 4.69) is 62.2 Å². The quantitative estimate of drug-likeness (QED) is 0.308. The van der Waals surface area contributed by atoms with Gasteiger partial charge >= 0.3 is 0 Å². The number of aromatic nitrogens is 1. The molecule has 0 aliphatic carbocycles. The predicted octanol–water partition coefficient (Wildman–Crippen LogP) is 3.58. The van der Waals surface area contributed by atoms with Crippen LogP contribution in [0.2, 0.25) is 0 Å². The summed E-state index contributed by atoms with van der Waals surface area (Å²) in [7, 11) is 9.77. The lowest BCUT2D eigenvalue weighted by Crippen LogP contribution is -2.44. The number of rotatable bonds is 7. The van der Waals surface area contributed by atoms with Crippen molar-refractivity contribution in [2.75, 3.05) is 53.3 Å². The van der Waals surface area contributed by atoms with E-state index in [1.165, 1.54) is 18.4 Å². The van der Waals surface area contributed by atoms with Crippen LogP contribution in [0.1, 0.15) is 30.1 Å². The molecule has 3 rings (SSSR count). The fourth-order valence-corrected chi connectivity index (χ4v) is 4.76. The summed E-state index contributed by atoms with van der Waals surface area (Å²) in [5.41, 5.74) is 2.37. The molecule has 31 heavy (non-hydrogen) atoms. The van der Waals surface area contributed by atoms with Crippen LogP contribution in [0, 0.1) is 5.92 Å². The lowest BCUT2D eigenvalue weighted by atomic mass is 9.85. The van der Waals surface area contributed by atoms with Crippen molar-refractivity contribution in [2.24, 2.45) is 10.9 Å². The van der Waals surface area contributed by atoms with Crippen molar-refractivity contribution >= 4 is 46.4 Å². The van der Waals surface area contributed by atoms with E-state index in [1.807, 2.05) is 26.0 Å². The number of hydrogen-bond donors (Lipinski definition) is 2. The molecule has 172 valence electrons. The van der Waals surface area contributed by atoms with Crippen molar-refractivity contribution < 1.29 is 4.74 Å². The SMILES string of the molecule is CN=C(NCc1csc(N(C)C)n1)NCC1CCCN(C)C1c1ccc(OC)cc1.I. The first-order chi connectivity index (χ1) is 14.5. The zero-order valence-corrected chi connectivity index (χ0v) is 22.2. The van der Waals surface area contributed by atoms with Crippen molar-refractivity contribution in [2.45, 2.75) is 25.4 Å². The van der Waals surface area contributed by atoms with Crippen LogP contribution in [-0.2, 0) is 6.54 Å². The third-order valence-electron chi connectivity index (χ3n) is 5.58. The Morgan fingerprint density at radius 1 is 1.29 bits per heavy atom.